The molecular formula is C16H27N3O. The van der Waals surface area contributed by atoms with Crippen LogP contribution >= 0.6 is 0 Å². The average molecular weight is 277 g/mol. The van der Waals surface area contributed by atoms with Crippen LogP contribution in [0.5, 0.6) is 0 Å². The van der Waals surface area contributed by atoms with Crippen LogP contribution in [0, 0.1) is 0 Å². The second kappa shape index (κ2) is 6.10. The van der Waals surface area contributed by atoms with Crippen molar-refractivity contribution in [2.75, 3.05) is 18.1 Å². The summed E-state index contributed by atoms with van der Waals surface area (Å²) in [7, 11) is 0. The van der Waals surface area contributed by atoms with E-state index in [0.29, 0.717) is 6.04 Å². The lowest BCUT2D eigenvalue weighted by Crippen LogP contribution is -2.48. The quantitative estimate of drug-likeness (QED) is 0.921. The molecule has 1 N–H and O–H groups in total. The van der Waals surface area contributed by atoms with Gasteiger partial charge < -0.3 is 15.0 Å². The number of nitrogens with zero attached hydrogens (tertiary/aromatic N) is 2. The van der Waals surface area contributed by atoms with Crippen molar-refractivity contribution < 1.29 is 4.74 Å². The Morgan fingerprint density at radius 3 is 2.85 bits per heavy atom. The van der Waals surface area contributed by atoms with Gasteiger partial charge >= 0.3 is 0 Å². The molecule has 1 fully saturated rings. The summed E-state index contributed by atoms with van der Waals surface area (Å²) in [6.07, 6.45) is 2.14. The molecule has 0 aliphatic carbocycles. The van der Waals surface area contributed by atoms with Crippen LogP contribution in [0.4, 0.5) is 5.82 Å². The largest absolute Gasteiger partial charge is 0.375 e. The van der Waals surface area contributed by atoms with Gasteiger partial charge in [0.2, 0.25) is 0 Å². The Bertz CT molecular complexity index is 442. The number of anilines is 1. The van der Waals surface area contributed by atoms with Crippen molar-refractivity contribution in [2.24, 2.45) is 0 Å². The summed E-state index contributed by atoms with van der Waals surface area (Å²) in [5.74, 6) is 1.09. The molecular weight excluding hydrogens is 250 g/mol. The van der Waals surface area contributed by atoms with Gasteiger partial charge in [-0.25, -0.2) is 4.98 Å². The number of hydrogen-bond acceptors (Lipinski definition) is 4. The summed E-state index contributed by atoms with van der Waals surface area (Å²) in [6.45, 7) is 13.4. The predicted octanol–water partition coefficient (Wildman–Crippen LogP) is 2.58. The molecule has 2 unspecified atom stereocenters. The molecule has 0 bridgehead atoms. The third-order valence-corrected chi connectivity index (χ3v) is 3.56. The molecule has 2 heterocycles. The molecule has 4 heteroatoms. The van der Waals surface area contributed by atoms with E-state index < -0.39 is 0 Å². The average Bonchev–Trinajstić information content (AvgIpc) is 2.39. The van der Waals surface area contributed by atoms with Crippen LogP contribution in [0.1, 0.15) is 40.2 Å². The first kappa shape index (κ1) is 15.3. The Hall–Kier alpha value is -1.13. The first-order chi connectivity index (χ1) is 9.37. The summed E-state index contributed by atoms with van der Waals surface area (Å²) >= 11 is 0. The van der Waals surface area contributed by atoms with E-state index in [1.165, 1.54) is 5.56 Å². The van der Waals surface area contributed by atoms with Crippen LogP contribution in [-0.4, -0.2) is 35.8 Å². The molecule has 1 aliphatic rings. The zero-order chi connectivity index (χ0) is 14.8. The van der Waals surface area contributed by atoms with Crippen molar-refractivity contribution in [3.8, 4) is 0 Å². The Balaban J connectivity index is 2.18. The minimum atomic E-state index is 0.108. The van der Waals surface area contributed by atoms with Gasteiger partial charge in [-0.05, 0) is 40.7 Å². The van der Waals surface area contributed by atoms with Gasteiger partial charge in [-0.3, -0.25) is 0 Å². The van der Waals surface area contributed by atoms with Gasteiger partial charge in [-0.2, -0.15) is 0 Å². The zero-order valence-electron chi connectivity index (χ0n) is 13.3. The lowest BCUT2D eigenvalue weighted by Gasteiger charge is -2.38. The van der Waals surface area contributed by atoms with Crippen LogP contribution in [0.3, 0.4) is 0 Å². The normalized spacial score (nSPS) is 23.9. The monoisotopic (exact) mass is 277 g/mol. The van der Waals surface area contributed by atoms with Crippen molar-refractivity contribution in [1.82, 2.24) is 10.3 Å². The van der Waals surface area contributed by atoms with Gasteiger partial charge in [0, 0.05) is 30.4 Å². The molecule has 0 radical (unpaired) electrons. The number of aromatic nitrogens is 1. The van der Waals surface area contributed by atoms with E-state index >= 15 is 0 Å². The van der Waals surface area contributed by atoms with Gasteiger partial charge in [-0.15, -0.1) is 0 Å². The van der Waals surface area contributed by atoms with E-state index in [4.69, 9.17) is 4.74 Å². The summed E-state index contributed by atoms with van der Waals surface area (Å²) < 4.78 is 5.71. The topological polar surface area (TPSA) is 37.4 Å². The molecule has 0 amide bonds. The van der Waals surface area contributed by atoms with Crippen LogP contribution in [0.15, 0.2) is 18.3 Å². The van der Waals surface area contributed by atoms with Gasteiger partial charge in [0.05, 0.1) is 18.8 Å². The lowest BCUT2D eigenvalue weighted by atomic mass is 10.1. The van der Waals surface area contributed by atoms with Crippen LogP contribution < -0.4 is 10.2 Å². The summed E-state index contributed by atoms with van der Waals surface area (Å²) in [6, 6.07) is 4.54. The van der Waals surface area contributed by atoms with Crippen LogP contribution in [0.25, 0.3) is 0 Å². The molecule has 0 aromatic carbocycles. The van der Waals surface area contributed by atoms with Crippen molar-refractivity contribution >= 4 is 5.82 Å². The van der Waals surface area contributed by atoms with E-state index in [1.54, 1.807) is 0 Å². The molecule has 1 aromatic heterocycles. The van der Waals surface area contributed by atoms with Gasteiger partial charge in [-0.1, -0.05) is 6.07 Å². The fourth-order valence-electron chi connectivity index (χ4n) is 2.39. The van der Waals surface area contributed by atoms with Gasteiger partial charge in [0.15, 0.2) is 0 Å². The van der Waals surface area contributed by atoms with E-state index in [2.05, 4.69) is 55.9 Å². The molecule has 1 aromatic rings. The zero-order valence-corrected chi connectivity index (χ0v) is 13.3. The van der Waals surface area contributed by atoms with Crippen LogP contribution in [0.2, 0.25) is 0 Å². The van der Waals surface area contributed by atoms with Crippen molar-refractivity contribution in [3.05, 3.63) is 23.9 Å². The second-order valence-electron chi connectivity index (χ2n) is 6.74. The third kappa shape index (κ3) is 3.93. The molecule has 0 saturated carbocycles. The summed E-state index contributed by atoms with van der Waals surface area (Å²) in [5.41, 5.74) is 1.36. The fraction of sp³-hybridized carbons (Fsp3) is 0.688. The molecule has 112 valence electrons. The maximum atomic E-state index is 5.71. The molecule has 2 rings (SSSR count). The maximum absolute atomic E-state index is 5.71. The number of morpholine rings is 1. The molecule has 20 heavy (non-hydrogen) atoms. The maximum Gasteiger partial charge on any atom is 0.133 e. The van der Waals surface area contributed by atoms with Crippen molar-refractivity contribution in [3.63, 3.8) is 0 Å². The molecule has 0 spiro atoms. The minimum Gasteiger partial charge on any atom is -0.375 e. The Morgan fingerprint density at radius 2 is 2.15 bits per heavy atom. The first-order valence-electron chi connectivity index (χ1n) is 7.44. The number of nitrogens with one attached hydrogen (secondary N) is 1. The smallest absolute Gasteiger partial charge is 0.133 e. The van der Waals surface area contributed by atoms with E-state index in [9.17, 15) is 0 Å². The Morgan fingerprint density at radius 1 is 1.40 bits per heavy atom. The number of pyridine rings is 1. The third-order valence-electron chi connectivity index (χ3n) is 3.56. The number of ether oxygens (including phenoxy) is 1. The van der Waals surface area contributed by atoms with Crippen molar-refractivity contribution in [2.45, 2.75) is 58.8 Å². The molecule has 2 atom stereocenters. The minimum absolute atomic E-state index is 0.108. The lowest BCUT2D eigenvalue weighted by molar-refractivity contribution is 0.0339. The SMILES string of the molecule is CC1CN(c2ncccc2CNC(C)(C)C)C(C)CO1. The molecule has 1 aliphatic heterocycles. The number of hydrogen-bond donors (Lipinski definition) is 1. The first-order valence-corrected chi connectivity index (χ1v) is 7.44. The number of rotatable bonds is 3. The van der Waals surface area contributed by atoms with Crippen molar-refractivity contribution in [1.29, 1.82) is 0 Å². The van der Waals surface area contributed by atoms with E-state index in [0.717, 1.165) is 25.5 Å². The summed E-state index contributed by atoms with van der Waals surface area (Å²) in [5, 5.41) is 3.55. The standard InChI is InChI=1S/C16H27N3O/c1-12-11-20-13(2)10-19(12)15-14(7-6-8-17-15)9-18-16(3,4)5/h6-8,12-13,18H,9-11H2,1-5H3. The molecule has 1 saturated heterocycles. The Kier molecular flexibility index (Phi) is 4.66. The highest BCUT2D eigenvalue weighted by atomic mass is 16.5. The van der Waals surface area contributed by atoms with Gasteiger partial charge in [0.25, 0.3) is 0 Å². The predicted molar refractivity (Wildman–Crippen MR) is 83.1 cm³/mol. The Labute approximate surface area is 122 Å². The summed E-state index contributed by atoms with van der Waals surface area (Å²) in [4.78, 5) is 6.99. The molecule has 4 nitrogen and oxygen atoms in total. The fourth-order valence-corrected chi connectivity index (χ4v) is 2.39. The van der Waals surface area contributed by atoms with E-state index in [-0.39, 0.29) is 11.6 Å². The van der Waals surface area contributed by atoms with E-state index in [1.807, 2.05) is 12.3 Å². The highest BCUT2D eigenvalue weighted by molar-refractivity contribution is 5.48. The highest BCUT2D eigenvalue weighted by Crippen LogP contribution is 2.23. The van der Waals surface area contributed by atoms with Gasteiger partial charge in [0.1, 0.15) is 5.82 Å². The highest BCUT2D eigenvalue weighted by Gasteiger charge is 2.26. The second-order valence-corrected chi connectivity index (χ2v) is 6.74. The van der Waals surface area contributed by atoms with Crippen LogP contribution in [-0.2, 0) is 11.3 Å².